The van der Waals surface area contributed by atoms with Crippen LogP contribution in [0.1, 0.15) is 31.7 Å². The molecule has 1 rings (SSSR count). The van der Waals surface area contributed by atoms with Gasteiger partial charge in [0.2, 0.25) is 0 Å². The molecule has 0 aliphatic carbocycles. The maximum atomic E-state index is 12.0. The molecule has 0 N–H and O–H groups in total. The van der Waals surface area contributed by atoms with Crippen molar-refractivity contribution in [3.05, 3.63) is 35.9 Å². The van der Waals surface area contributed by atoms with Crippen LogP contribution in [0.15, 0.2) is 30.3 Å². The predicted molar refractivity (Wildman–Crippen MR) is 66.6 cm³/mol. The zero-order valence-corrected chi connectivity index (χ0v) is 10.3. The van der Waals surface area contributed by atoms with Gasteiger partial charge in [0.15, 0.2) is 0 Å². The number of alkyl halides is 3. The minimum Gasteiger partial charge on any atom is -0.494 e. The summed E-state index contributed by atoms with van der Waals surface area (Å²) in [6.45, 7) is 2.70. The van der Waals surface area contributed by atoms with Crippen LogP contribution in [0.3, 0.4) is 0 Å². The molecule has 0 aliphatic heterocycles. The molecule has 18 heavy (non-hydrogen) atoms. The third-order valence-corrected chi connectivity index (χ3v) is 2.28. The molecule has 0 atom stereocenters. The Morgan fingerprint density at radius 1 is 1.28 bits per heavy atom. The number of hydrogen-bond donors (Lipinski definition) is 0. The van der Waals surface area contributed by atoms with E-state index in [0.29, 0.717) is 17.9 Å². The summed E-state index contributed by atoms with van der Waals surface area (Å²) in [7, 11) is 0. The Morgan fingerprint density at radius 2 is 2.06 bits per heavy atom. The molecule has 0 aromatic heterocycles. The first-order valence-corrected chi connectivity index (χ1v) is 5.97. The van der Waals surface area contributed by atoms with Crippen molar-refractivity contribution in [2.75, 3.05) is 6.61 Å². The molecule has 0 saturated carbocycles. The van der Waals surface area contributed by atoms with Gasteiger partial charge in [-0.25, -0.2) is 0 Å². The highest BCUT2D eigenvalue weighted by molar-refractivity contribution is 5.51. The van der Waals surface area contributed by atoms with E-state index < -0.39 is 12.6 Å². The van der Waals surface area contributed by atoms with Crippen molar-refractivity contribution < 1.29 is 17.9 Å². The molecule has 0 amide bonds. The lowest BCUT2D eigenvalue weighted by Gasteiger charge is -2.05. The summed E-state index contributed by atoms with van der Waals surface area (Å²) in [6.07, 6.45) is -0.468. The van der Waals surface area contributed by atoms with Crippen molar-refractivity contribution in [2.24, 2.45) is 0 Å². The number of benzene rings is 1. The van der Waals surface area contributed by atoms with Gasteiger partial charge in [0, 0.05) is 0 Å². The molecule has 0 unspecified atom stereocenters. The smallest absolute Gasteiger partial charge is 0.392 e. The second-order valence-electron chi connectivity index (χ2n) is 4.00. The SMILES string of the molecule is CCCCOc1cccc(C=CCC(F)(F)F)c1. The second-order valence-corrected chi connectivity index (χ2v) is 4.00. The lowest BCUT2D eigenvalue weighted by molar-refractivity contribution is -0.124. The summed E-state index contributed by atoms with van der Waals surface area (Å²) in [5, 5.41) is 0. The summed E-state index contributed by atoms with van der Waals surface area (Å²) in [6, 6.07) is 7.06. The van der Waals surface area contributed by atoms with E-state index in [1.165, 1.54) is 6.08 Å². The average molecular weight is 258 g/mol. The Kier molecular flexibility index (Phi) is 5.75. The highest BCUT2D eigenvalue weighted by atomic mass is 19.4. The summed E-state index contributed by atoms with van der Waals surface area (Å²) < 4.78 is 41.4. The van der Waals surface area contributed by atoms with Crippen LogP contribution in [0.5, 0.6) is 5.75 Å². The average Bonchev–Trinajstić information content (AvgIpc) is 2.28. The molecule has 4 heteroatoms. The Labute approximate surface area is 105 Å². The predicted octanol–water partition coefficient (Wildman–Crippen LogP) is 4.83. The normalized spacial score (nSPS) is 12.0. The highest BCUT2D eigenvalue weighted by Crippen LogP contribution is 2.21. The Hall–Kier alpha value is -1.45. The molecule has 0 saturated heterocycles. The van der Waals surface area contributed by atoms with Gasteiger partial charge in [-0.3, -0.25) is 0 Å². The molecule has 1 aromatic rings. The van der Waals surface area contributed by atoms with Crippen LogP contribution in [0.25, 0.3) is 6.08 Å². The van der Waals surface area contributed by atoms with Gasteiger partial charge >= 0.3 is 6.18 Å². The van der Waals surface area contributed by atoms with Crippen LogP contribution in [0.2, 0.25) is 0 Å². The highest BCUT2D eigenvalue weighted by Gasteiger charge is 2.24. The van der Waals surface area contributed by atoms with Crippen LogP contribution in [-0.2, 0) is 0 Å². The first-order chi connectivity index (χ1) is 8.51. The van der Waals surface area contributed by atoms with Gasteiger partial charge in [0.05, 0.1) is 13.0 Å². The number of hydrogen-bond acceptors (Lipinski definition) is 1. The molecular formula is C14H17F3O. The summed E-state index contributed by atoms with van der Waals surface area (Å²) >= 11 is 0. The van der Waals surface area contributed by atoms with Gasteiger partial charge in [0.25, 0.3) is 0 Å². The maximum absolute atomic E-state index is 12.0. The van der Waals surface area contributed by atoms with E-state index in [1.807, 2.05) is 0 Å². The van der Waals surface area contributed by atoms with Crippen molar-refractivity contribution in [1.82, 2.24) is 0 Å². The molecule has 1 aromatic carbocycles. The fourth-order valence-electron chi connectivity index (χ4n) is 1.37. The molecule has 0 aliphatic rings. The Balaban J connectivity index is 2.53. The fraction of sp³-hybridized carbons (Fsp3) is 0.429. The van der Waals surface area contributed by atoms with Crippen molar-refractivity contribution >= 4 is 6.08 Å². The molecule has 0 fully saturated rings. The second kappa shape index (κ2) is 7.09. The van der Waals surface area contributed by atoms with E-state index in [4.69, 9.17) is 4.74 Å². The number of ether oxygens (including phenoxy) is 1. The maximum Gasteiger partial charge on any atom is 0.392 e. The standard InChI is InChI=1S/C14H17F3O/c1-2-3-10-18-13-8-4-6-12(11-13)7-5-9-14(15,16)17/h4-8,11H,2-3,9-10H2,1H3. The van der Waals surface area contributed by atoms with E-state index in [1.54, 1.807) is 24.3 Å². The zero-order chi connectivity index (χ0) is 13.4. The quantitative estimate of drug-likeness (QED) is 0.664. The van der Waals surface area contributed by atoms with Crippen molar-refractivity contribution in [3.8, 4) is 5.75 Å². The van der Waals surface area contributed by atoms with Crippen LogP contribution in [0, 0.1) is 0 Å². The molecule has 100 valence electrons. The van der Waals surface area contributed by atoms with Gasteiger partial charge < -0.3 is 4.74 Å². The van der Waals surface area contributed by atoms with E-state index >= 15 is 0 Å². The largest absolute Gasteiger partial charge is 0.494 e. The molecular weight excluding hydrogens is 241 g/mol. The van der Waals surface area contributed by atoms with Crippen LogP contribution >= 0.6 is 0 Å². The first kappa shape index (κ1) is 14.6. The fourth-order valence-corrected chi connectivity index (χ4v) is 1.37. The van der Waals surface area contributed by atoms with E-state index in [9.17, 15) is 13.2 Å². The Bertz CT molecular complexity index is 383. The lowest BCUT2D eigenvalue weighted by Crippen LogP contribution is -2.03. The van der Waals surface area contributed by atoms with Gasteiger partial charge in [-0.1, -0.05) is 37.6 Å². The summed E-state index contributed by atoms with van der Waals surface area (Å²) in [4.78, 5) is 0. The van der Waals surface area contributed by atoms with Gasteiger partial charge in [0.1, 0.15) is 5.75 Å². The van der Waals surface area contributed by atoms with E-state index in [2.05, 4.69) is 6.92 Å². The Morgan fingerprint density at radius 3 is 2.72 bits per heavy atom. The van der Waals surface area contributed by atoms with Crippen molar-refractivity contribution in [1.29, 1.82) is 0 Å². The summed E-state index contributed by atoms with van der Waals surface area (Å²) in [5.41, 5.74) is 0.716. The number of allylic oxidation sites excluding steroid dienone is 1. The first-order valence-electron chi connectivity index (χ1n) is 5.97. The third-order valence-electron chi connectivity index (χ3n) is 2.28. The van der Waals surface area contributed by atoms with Gasteiger partial charge in [-0.15, -0.1) is 0 Å². The van der Waals surface area contributed by atoms with Crippen molar-refractivity contribution in [2.45, 2.75) is 32.4 Å². The third kappa shape index (κ3) is 6.33. The van der Waals surface area contributed by atoms with Crippen LogP contribution < -0.4 is 4.74 Å². The molecule has 0 radical (unpaired) electrons. The molecule has 0 heterocycles. The number of rotatable bonds is 6. The van der Waals surface area contributed by atoms with Crippen molar-refractivity contribution in [3.63, 3.8) is 0 Å². The topological polar surface area (TPSA) is 9.23 Å². The van der Waals surface area contributed by atoms with Crippen LogP contribution in [-0.4, -0.2) is 12.8 Å². The van der Waals surface area contributed by atoms with Gasteiger partial charge in [-0.05, 0) is 24.1 Å². The minimum absolute atomic E-state index is 0.631. The zero-order valence-electron chi connectivity index (χ0n) is 10.3. The minimum atomic E-state index is -4.15. The number of unbranched alkanes of at least 4 members (excludes halogenated alkanes) is 1. The van der Waals surface area contributed by atoms with Crippen LogP contribution in [0.4, 0.5) is 13.2 Å². The van der Waals surface area contributed by atoms with E-state index in [-0.39, 0.29) is 0 Å². The summed E-state index contributed by atoms with van der Waals surface area (Å²) in [5.74, 6) is 0.692. The van der Waals surface area contributed by atoms with E-state index in [0.717, 1.165) is 18.9 Å². The lowest BCUT2D eigenvalue weighted by atomic mass is 10.2. The molecule has 0 spiro atoms. The molecule has 1 nitrogen and oxygen atoms in total. The monoisotopic (exact) mass is 258 g/mol. The number of halogens is 3. The molecule has 0 bridgehead atoms. The van der Waals surface area contributed by atoms with Gasteiger partial charge in [-0.2, -0.15) is 13.2 Å².